The molecule has 138 valence electrons. The van der Waals surface area contributed by atoms with Crippen molar-refractivity contribution in [2.75, 3.05) is 26.7 Å². The molecule has 2 unspecified atom stereocenters. The van der Waals surface area contributed by atoms with E-state index >= 15 is 0 Å². The first-order valence-corrected chi connectivity index (χ1v) is 9.09. The molecule has 3 amide bonds. The first-order valence-electron chi connectivity index (χ1n) is 9.09. The average Bonchev–Trinajstić information content (AvgIpc) is 2.98. The largest absolute Gasteiger partial charge is 0.343 e. The summed E-state index contributed by atoms with van der Waals surface area (Å²) < 4.78 is 0. The van der Waals surface area contributed by atoms with Crippen molar-refractivity contribution in [3.8, 4) is 0 Å². The number of amides is 3. The van der Waals surface area contributed by atoms with Crippen LogP contribution in [-0.4, -0.2) is 54.5 Å². The number of carbonyl (C=O) groups is 2. The fourth-order valence-electron chi connectivity index (χ4n) is 3.51. The Kier molecular flexibility index (Phi) is 6.45. The van der Waals surface area contributed by atoms with Crippen LogP contribution in [0.1, 0.15) is 37.0 Å². The maximum atomic E-state index is 12.4. The summed E-state index contributed by atoms with van der Waals surface area (Å²) in [6.45, 7) is 10.1. The third kappa shape index (κ3) is 5.48. The highest BCUT2D eigenvalue weighted by Crippen LogP contribution is 2.17. The Balaban J connectivity index is 1.81. The lowest BCUT2D eigenvalue weighted by Crippen LogP contribution is -2.44. The zero-order valence-electron chi connectivity index (χ0n) is 16.1. The second-order valence-electron chi connectivity index (χ2n) is 7.48. The van der Waals surface area contributed by atoms with Gasteiger partial charge in [-0.15, -0.1) is 0 Å². The third-order valence-corrected chi connectivity index (χ3v) is 5.00. The zero-order valence-corrected chi connectivity index (χ0v) is 16.1. The number of likely N-dealkylation sites (tertiary alicyclic amines) is 1. The van der Waals surface area contributed by atoms with Gasteiger partial charge in [0.2, 0.25) is 5.91 Å². The number of nitrogens with one attached hydrogen (secondary N) is 1. The smallest absolute Gasteiger partial charge is 0.317 e. The van der Waals surface area contributed by atoms with E-state index in [0.29, 0.717) is 12.5 Å². The molecule has 1 aliphatic rings. The van der Waals surface area contributed by atoms with Crippen LogP contribution in [0.25, 0.3) is 0 Å². The minimum atomic E-state index is -0.0430. The molecule has 5 nitrogen and oxygen atoms in total. The Morgan fingerprint density at radius 1 is 1.36 bits per heavy atom. The number of hydrogen-bond donors (Lipinski definition) is 1. The number of carbonyl (C=O) groups excluding carboxylic acids is 2. The lowest BCUT2D eigenvalue weighted by Gasteiger charge is -2.24. The molecule has 1 fully saturated rings. The average molecular weight is 345 g/mol. The molecule has 0 saturated carbocycles. The summed E-state index contributed by atoms with van der Waals surface area (Å²) in [7, 11) is 1.83. The third-order valence-electron chi connectivity index (χ3n) is 5.00. The van der Waals surface area contributed by atoms with E-state index in [1.54, 1.807) is 11.8 Å². The van der Waals surface area contributed by atoms with E-state index in [4.69, 9.17) is 0 Å². The monoisotopic (exact) mass is 345 g/mol. The van der Waals surface area contributed by atoms with Gasteiger partial charge in [0.05, 0.1) is 0 Å². The zero-order chi connectivity index (χ0) is 18.6. The van der Waals surface area contributed by atoms with Gasteiger partial charge in [-0.1, -0.05) is 23.8 Å². The molecule has 0 spiro atoms. The topological polar surface area (TPSA) is 52.7 Å². The van der Waals surface area contributed by atoms with Gasteiger partial charge in [0, 0.05) is 39.6 Å². The van der Waals surface area contributed by atoms with E-state index in [9.17, 15) is 9.59 Å². The lowest BCUT2D eigenvalue weighted by molar-refractivity contribution is -0.127. The van der Waals surface area contributed by atoms with Gasteiger partial charge < -0.3 is 15.1 Å². The molecular formula is C20H31N3O2. The molecule has 1 aliphatic heterocycles. The summed E-state index contributed by atoms with van der Waals surface area (Å²) in [6.07, 6.45) is 1.79. The van der Waals surface area contributed by atoms with E-state index in [2.05, 4.69) is 37.4 Å². The van der Waals surface area contributed by atoms with Crippen LogP contribution in [0, 0.1) is 19.8 Å². The maximum Gasteiger partial charge on any atom is 0.317 e. The molecule has 5 heteroatoms. The summed E-state index contributed by atoms with van der Waals surface area (Å²) in [5.74, 6) is 0.492. The van der Waals surface area contributed by atoms with Crippen molar-refractivity contribution in [1.29, 1.82) is 0 Å². The van der Waals surface area contributed by atoms with Crippen LogP contribution >= 0.6 is 0 Å². The van der Waals surface area contributed by atoms with Gasteiger partial charge in [-0.3, -0.25) is 4.79 Å². The highest BCUT2D eigenvalue weighted by atomic mass is 16.2. The number of urea groups is 1. The molecule has 1 N–H and O–H groups in total. The van der Waals surface area contributed by atoms with Crippen LogP contribution in [0.4, 0.5) is 4.79 Å². The van der Waals surface area contributed by atoms with E-state index < -0.39 is 0 Å². The SMILES string of the molecule is CC(=O)N1CCC(CN(C)C(=O)NC(C)Cc2ccc(C)cc2C)C1. The summed E-state index contributed by atoms with van der Waals surface area (Å²) in [6, 6.07) is 6.47. The van der Waals surface area contributed by atoms with Crippen molar-refractivity contribution in [1.82, 2.24) is 15.1 Å². The van der Waals surface area contributed by atoms with Crippen molar-refractivity contribution in [3.63, 3.8) is 0 Å². The highest BCUT2D eigenvalue weighted by Gasteiger charge is 2.26. The van der Waals surface area contributed by atoms with Crippen LogP contribution in [-0.2, 0) is 11.2 Å². The summed E-state index contributed by atoms with van der Waals surface area (Å²) in [5, 5.41) is 3.08. The molecule has 0 bridgehead atoms. The van der Waals surface area contributed by atoms with Crippen molar-refractivity contribution in [2.24, 2.45) is 5.92 Å². The molecule has 1 heterocycles. The first kappa shape index (κ1) is 19.3. The fourth-order valence-corrected chi connectivity index (χ4v) is 3.51. The van der Waals surface area contributed by atoms with E-state index in [1.165, 1.54) is 16.7 Å². The van der Waals surface area contributed by atoms with E-state index in [1.807, 2.05) is 18.9 Å². The van der Waals surface area contributed by atoms with Gasteiger partial charge in [-0.05, 0) is 50.7 Å². The number of hydrogen-bond acceptors (Lipinski definition) is 2. The van der Waals surface area contributed by atoms with Crippen molar-refractivity contribution < 1.29 is 9.59 Å². The Labute approximate surface area is 151 Å². The second kappa shape index (κ2) is 8.37. The number of rotatable bonds is 5. The number of benzene rings is 1. The van der Waals surface area contributed by atoms with Crippen LogP contribution < -0.4 is 5.32 Å². The highest BCUT2D eigenvalue weighted by molar-refractivity contribution is 5.74. The number of aryl methyl sites for hydroxylation is 2. The Morgan fingerprint density at radius 2 is 2.08 bits per heavy atom. The predicted octanol–water partition coefficient (Wildman–Crippen LogP) is 2.74. The van der Waals surface area contributed by atoms with Gasteiger partial charge in [0.1, 0.15) is 0 Å². The number of nitrogens with zero attached hydrogens (tertiary/aromatic N) is 2. The molecule has 2 atom stereocenters. The molecule has 2 rings (SSSR count). The lowest BCUT2D eigenvalue weighted by atomic mass is 10.00. The van der Waals surface area contributed by atoms with E-state index in [-0.39, 0.29) is 18.0 Å². The molecule has 0 aromatic heterocycles. The Hall–Kier alpha value is -2.04. The van der Waals surface area contributed by atoms with Crippen LogP contribution in [0.15, 0.2) is 18.2 Å². The molecule has 1 aromatic carbocycles. The van der Waals surface area contributed by atoms with Gasteiger partial charge in [0.25, 0.3) is 0 Å². The van der Waals surface area contributed by atoms with Gasteiger partial charge in [-0.2, -0.15) is 0 Å². The quantitative estimate of drug-likeness (QED) is 0.892. The molecule has 25 heavy (non-hydrogen) atoms. The molecular weight excluding hydrogens is 314 g/mol. The molecule has 0 radical (unpaired) electrons. The summed E-state index contributed by atoms with van der Waals surface area (Å²) in [5.41, 5.74) is 3.80. The minimum Gasteiger partial charge on any atom is -0.343 e. The van der Waals surface area contributed by atoms with Crippen molar-refractivity contribution in [2.45, 2.75) is 46.6 Å². The van der Waals surface area contributed by atoms with Crippen molar-refractivity contribution in [3.05, 3.63) is 34.9 Å². The van der Waals surface area contributed by atoms with Gasteiger partial charge >= 0.3 is 6.03 Å². The molecule has 1 saturated heterocycles. The minimum absolute atomic E-state index is 0.0430. The second-order valence-corrected chi connectivity index (χ2v) is 7.48. The fraction of sp³-hybridized carbons (Fsp3) is 0.600. The normalized spacial score (nSPS) is 18.1. The summed E-state index contributed by atoms with van der Waals surface area (Å²) >= 11 is 0. The first-order chi connectivity index (χ1) is 11.8. The van der Waals surface area contributed by atoms with Crippen LogP contribution in [0.5, 0.6) is 0 Å². The summed E-state index contributed by atoms with van der Waals surface area (Å²) in [4.78, 5) is 27.4. The molecule has 1 aromatic rings. The Morgan fingerprint density at radius 3 is 2.68 bits per heavy atom. The molecule has 0 aliphatic carbocycles. The van der Waals surface area contributed by atoms with Gasteiger partial charge in [0.15, 0.2) is 0 Å². The predicted molar refractivity (Wildman–Crippen MR) is 101 cm³/mol. The maximum absolute atomic E-state index is 12.4. The standard InChI is InChI=1S/C20H31N3O2/c1-14-6-7-19(15(2)10-14)11-16(3)21-20(25)22(5)12-18-8-9-23(13-18)17(4)24/h6-7,10,16,18H,8-9,11-13H2,1-5H3,(H,21,25). The van der Waals surface area contributed by atoms with Gasteiger partial charge in [-0.25, -0.2) is 4.79 Å². The van der Waals surface area contributed by atoms with Crippen molar-refractivity contribution >= 4 is 11.9 Å². The van der Waals surface area contributed by atoms with Crippen LogP contribution in [0.3, 0.4) is 0 Å². The Bertz CT molecular complexity index is 629. The van der Waals surface area contributed by atoms with E-state index in [0.717, 1.165) is 25.9 Å². The van der Waals surface area contributed by atoms with Crippen LogP contribution in [0.2, 0.25) is 0 Å².